The number of aromatic nitrogens is 2. The van der Waals surface area contributed by atoms with Crippen molar-refractivity contribution in [3.63, 3.8) is 0 Å². The van der Waals surface area contributed by atoms with E-state index in [1.54, 1.807) is 16.8 Å². The summed E-state index contributed by atoms with van der Waals surface area (Å²) in [6.45, 7) is 0. The van der Waals surface area contributed by atoms with Crippen molar-refractivity contribution in [1.82, 2.24) is 9.78 Å². The van der Waals surface area contributed by atoms with E-state index in [0.717, 1.165) is 11.4 Å². The van der Waals surface area contributed by atoms with Gasteiger partial charge >= 0.3 is 0 Å². The molecule has 0 atom stereocenters. The number of para-hydroxylation sites is 2. The number of carbonyl (C=O) groups is 1. The predicted molar refractivity (Wildman–Crippen MR) is 103 cm³/mol. The molecule has 1 aromatic heterocycles. The smallest absolute Gasteiger partial charge is 0.223 e. The molecule has 0 unspecified atom stereocenters. The molecule has 0 radical (unpaired) electrons. The molecule has 5 heteroatoms. The summed E-state index contributed by atoms with van der Waals surface area (Å²) in [5, 5.41) is 4.96. The van der Waals surface area contributed by atoms with Crippen molar-refractivity contribution in [2.75, 3.05) is 0 Å². The first kappa shape index (κ1) is 16.2. The summed E-state index contributed by atoms with van der Waals surface area (Å²) in [5.74, 6) is -0.102. The fourth-order valence-corrected chi connectivity index (χ4v) is 3.40. The average molecular weight is 357 g/mol. The van der Waals surface area contributed by atoms with Crippen LogP contribution in [0.3, 0.4) is 0 Å². The van der Waals surface area contributed by atoms with Gasteiger partial charge in [-0.25, -0.2) is 9.67 Å². The van der Waals surface area contributed by atoms with Crippen LogP contribution in [-0.2, 0) is 0 Å². The lowest BCUT2D eigenvalue weighted by Crippen LogP contribution is -2.14. The molecule has 0 aliphatic rings. The van der Waals surface area contributed by atoms with Gasteiger partial charge in [-0.1, -0.05) is 78.1 Å². The predicted octanol–water partition coefficient (Wildman–Crippen LogP) is 4.40. The van der Waals surface area contributed by atoms with E-state index < -0.39 is 0 Å². The maximum absolute atomic E-state index is 12.8. The highest BCUT2D eigenvalue weighted by molar-refractivity contribution is 7.11. The van der Waals surface area contributed by atoms with Crippen molar-refractivity contribution in [2.45, 2.75) is 0 Å². The Hall–Kier alpha value is -3.31. The van der Waals surface area contributed by atoms with E-state index in [-0.39, 0.29) is 5.78 Å². The molecule has 0 saturated heterocycles. The highest BCUT2D eigenvalue weighted by atomic mass is 32.1. The zero-order valence-corrected chi connectivity index (χ0v) is 14.6. The average Bonchev–Trinajstić information content (AvgIpc) is 3.13. The fourth-order valence-electron chi connectivity index (χ4n) is 2.51. The van der Waals surface area contributed by atoms with Crippen LogP contribution in [-0.4, -0.2) is 15.6 Å². The molecule has 4 rings (SSSR count). The van der Waals surface area contributed by atoms with Crippen LogP contribution in [0.1, 0.15) is 15.4 Å². The molecule has 0 N–H and O–H groups in total. The Morgan fingerprint density at radius 3 is 2.04 bits per heavy atom. The van der Waals surface area contributed by atoms with Gasteiger partial charge < -0.3 is 0 Å². The highest BCUT2D eigenvalue weighted by Gasteiger charge is 2.16. The molecular weight excluding hydrogens is 342 g/mol. The van der Waals surface area contributed by atoms with Gasteiger partial charge in [0.25, 0.3) is 0 Å². The molecule has 0 saturated carbocycles. The molecular formula is C21H15N3OS. The number of nitrogens with zero attached hydrogens (tertiary/aromatic N) is 3. The number of hydrogen-bond donors (Lipinski definition) is 0. The van der Waals surface area contributed by atoms with E-state index in [0.29, 0.717) is 15.4 Å². The Morgan fingerprint density at radius 1 is 0.808 bits per heavy atom. The SMILES string of the molecule is O=C(c1ccccc1)c1nn(-c2ccccc2)c(=Nc2ccccc2)s1. The van der Waals surface area contributed by atoms with Gasteiger partial charge in [-0.05, 0) is 24.3 Å². The summed E-state index contributed by atoms with van der Waals surface area (Å²) in [6.07, 6.45) is 0. The molecule has 126 valence electrons. The first-order valence-corrected chi connectivity index (χ1v) is 8.98. The molecule has 0 bridgehead atoms. The standard InChI is InChI=1S/C21H15N3OS/c25-19(16-10-4-1-5-11-16)20-23-24(18-14-8-3-9-15-18)21(26-20)22-17-12-6-2-7-13-17/h1-15H. The Morgan fingerprint density at radius 2 is 1.38 bits per heavy atom. The van der Waals surface area contributed by atoms with Gasteiger partial charge in [0, 0.05) is 5.56 Å². The quantitative estimate of drug-likeness (QED) is 0.508. The second-order valence-electron chi connectivity index (χ2n) is 5.58. The van der Waals surface area contributed by atoms with Crippen molar-refractivity contribution < 1.29 is 4.79 Å². The van der Waals surface area contributed by atoms with E-state index in [9.17, 15) is 4.79 Å². The molecule has 0 aliphatic heterocycles. The molecule has 4 aromatic rings. The minimum atomic E-state index is -0.102. The van der Waals surface area contributed by atoms with Crippen molar-refractivity contribution >= 4 is 22.8 Å². The van der Waals surface area contributed by atoms with E-state index in [4.69, 9.17) is 0 Å². The third-order valence-electron chi connectivity index (χ3n) is 3.77. The summed E-state index contributed by atoms with van der Waals surface area (Å²) < 4.78 is 1.72. The van der Waals surface area contributed by atoms with Crippen molar-refractivity contribution in [1.29, 1.82) is 0 Å². The van der Waals surface area contributed by atoms with Crippen LogP contribution in [0.5, 0.6) is 0 Å². The number of hydrogen-bond acceptors (Lipinski definition) is 4. The summed E-state index contributed by atoms with van der Waals surface area (Å²) >= 11 is 1.29. The summed E-state index contributed by atoms with van der Waals surface area (Å²) in [6, 6.07) is 28.5. The second kappa shape index (κ2) is 7.29. The molecule has 0 spiro atoms. The van der Waals surface area contributed by atoms with Gasteiger partial charge in [-0.15, -0.1) is 0 Å². The van der Waals surface area contributed by atoms with Crippen LogP contribution >= 0.6 is 11.3 Å². The van der Waals surface area contributed by atoms with Gasteiger partial charge in [0.2, 0.25) is 10.6 Å². The van der Waals surface area contributed by atoms with Crippen LogP contribution in [0.25, 0.3) is 5.69 Å². The Balaban J connectivity index is 1.86. The van der Waals surface area contributed by atoms with Crippen LogP contribution in [0.2, 0.25) is 0 Å². The minimum Gasteiger partial charge on any atom is -0.286 e. The zero-order chi connectivity index (χ0) is 17.8. The lowest BCUT2D eigenvalue weighted by atomic mass is 10.1. The number of ketones is 1. The minimum absolute atomic E-state index is 0.102. The Labute approximate surface area is 154 Å². The molecule has 0 aliphatic carbocycles. The number of rotatable bonds is 4. The van der Waals surface area contributed by atoms with Gasteiger partial charge in [-0.2, -0.15) is 5.10 Å². The lowest BCUT2D eigenvalue weighted by Gasteiger charge is -2.00. The largest absolute Gasteiger partial charge is 0.286 e. The van der Waals surface area contributed by atoms with Crippen LogP contribution in [0.15, 0.2) is 96.0 Å². The first-order valence-electron chi connectivity index (χ1n) is 8.16. The Kier molecular flexibility index (Phi) is 4.53. The molecule has 4 nitrogen and oxygen atoms in total. The number of benzene rings is 3. The first-order chi connectivity index (χ1) is 12.8. The topological polar surface area (TPSA) is 47.2 Å². The van der Waals surface area contributed by atoms with Gasteiger partial charge in [0.15, 0.2) is 5.01 Å². The highest BCUT2D eigenvalue weighted by Crippen LogP contribution is 2.14. The maximum Gasteiger partial charge on any atom is 0.223 e. The number of carbonyl (C=O) groups excluding carboxylic acids is 1. The van der Waals surface area contributed by atoms with Crippen LogP contribution in [0.4, 0.5) is 5.69 Å². The van der Waals surface area contributed by atoms with Gasteiger partial charge in [0.1, 0.15) is 0 Å². The van der Waals surface area contributed by atoms with Gasteiger partial charge in [-0.3, -0.25) is 4.79 Å². The van der Waals surface area contributed by atoms with Gasteiger partial charge in [0.05, 0.1) is 11.4 Å². The second-order valence-corrected chi connectivity index (χ2v) is 6.54. The van der Waals surface area contributed by atoms with Crippen molar-refractivity contribution in [3.8, 4) is 5.69 Å². The maximum atomic E-state index is 12.8. The summed E-state index contributed by atoms with van der Waals surface area (Å²) in [5.41, 5.74) is 2.30. The third kappa shape index (κ3) is 3.38. The summed E-state index contributed by atoms with van der Waals surface area (Å²) in [7, 11) is 0. The lowest BCUT2D eigenvalue weighted by molar-refractivity contribution is 0.103. The van der Waals surface area contributed by atoms with Crippen molar-refractivity contribution in [2.24, 2.45) is 4.99 Å². The molecule has 0 fully saturated rings. The van der Waals surface area contributed by atoms with E-state index in [2.05, 4.69) is 10.1 Å². The normalized spacial score (nSPS) is 11.5. The van der Waals surface area contributed by atoms with Crippen molar-refractivity contribution in [3.05, 3.63) is 106 Å². The van der Waals surface area contributed by atoms with Crippen LogP contribution in [0, 0.1) is 0 Å². The van der Waals surface area contributed by atoms with Crippen LogP contribution < -0.4 is 4.80 Å². The fraction of sp³-hybridized carbons (Fsp3) is 0. The summed E-state index contributed by atoms with van der Waals surface area (Å²) in [4.78, 5) is 18.1. The molecule has 3 aromatic carbocycles. The van der Waals surface area contributed by atoms with E-state index >= 15 is 0 Å². The molecule has 0 amide bonds. The van der Waals surface area contributed by atoms with E-state index in [1.807, 2.05) is 78.9 Å². The molecule has 26 heavy (non-hydrogen) atoms. The zero-order valence-electron chi connectivity index (χ0n) is 13.8. The third-order valence-corrected chi connectivity index (χ3v) is 4.68. The Bertz CT molecular complexity index is 1080. The molecule has 1 heterocycles. The van der Waals surface area contributed by atoms with E-state index in [1.165, 1.54) is 11.3 Å². The monoisotopic (exact) mass is 357 g/mol.